The molecule has 100 valence electrons. The van der Waals surface area contributed by atoms with E-state index in [2.05, 4.69) is 16.5 Å². The Morgan fingerprint density at radius 2 is 2.16 bits per heavy atom. The van der Waals surface area contributed by atoms with Gasteiger partial charge < -0.3 is 9.88 Å². The predicted molar refractivity (Wildman–Crippen MR) is 77.7 cm³/mol. The van der Waals surface area contributed by atoms with Gasteiger partial charge in [0.05, 0.1) is 12.0 Å². The number of imidazole rings is 1. The summed E-state index contributed by atoms with van der Waals surface area (Å²) in [6.07, 6.45) is 6.48. The van der Waals surface area contributed by atoms with Gasteiger partial charge in [-0.15, -0.1) is 0 Å². The summed E-state index contributed by atoms with van der Waals surface area (Å²) in [5.74, 6) is 0. The van der Waals surface area contributed by atoms with Crippen molar-refractivity contribution in [3.05, 3.63) is 52.0 Å². The van der Waals surface area contributed by atoms with Crippen molar-refractivity contribution in [2.45, 2.75) is 32.0 Å². The lowest BCUT2D eigenvalue weighted by Crippen LogP contribution is -2.15. The van der Waals surface area contributed by atoms with Gasteiger partial charge in [-0.2, -0.15) is 0 Å². The first-order valence-corrected chi connectivity index (χ1v) is 7.14. The molecular weight excluding hydrogens is 281 g/mol. The number of halogens is 2. The maximum absolute atomic E-state index is 6.17. The molecule has 0 bridgehead atoms. The molecule has 1 aliphatic carbocycles. The molecule has 5 heteroatoms. The van der Waals surface area contributed by atoms with Crippen LogP contribution in [0.4, 0.5) is 0 Å². The second-order valence-corrected chi connectivity index (χ2v) is 5.77. The van der Waals surface area contributed by atoms with E-state index in [4.69, 9.17) is 23.2 Å². The van der Waals surface area contributed by atoms with Gasteiger partial charge in [-0.3, -0.25) is 0 Å². The Bertz CT molecular complexity index is 576. The van der Waals surface area contributed by atoms with Crippen LogP contribution in [0.15, 0.2) is 30.7 Å². The van der Waals surface area contributed by atoms with E-state index in [0.29, 0.717) is 22.6 Å². The fourth-order valence-electron chi connectivity index (χ4n) is 1.97. The van der Waals surface area contributed by atoms with Crippen molar-refractivity contribution in [3.8, 4) is 0 Å². The monoisotopic (exact) mass is 295 g/mol. The molecule has 0 atom stereocenters. The van der Waals surface area contributed by atoms with Crippen LogP contribution in [-0.2, 0) is 13.1 Å². The Morgan fingerprint density at radius 1 is 1.32 bits per heavy atom. The quantitative estimate of drug-likeness (QED) is 0.915. The van der Waals surface area contributed by atoms with E-state index in [-0.39, 0.29) is 0 Å². The van der Waals surface area contributed by atoms with Gasteiger partial charge in [0.2, 0.25) is 0 Å². The van der Waals surface area contributed by atoms with Crippen LogP contribution in [0.2, 0.25) is 10.0 Å². The Kier molecular flexibility index (Phi) is 3.78. The highest BCUT2D eigenvalue weighted by molar-refractivity contribution is 6.35. The van der Waals surface area contributed by atoms with Crippen molar-refractivity contribution >= 4 is 23.2 Å². The normalized spacial score (nSPS) is 14.8. The molecule has 3 rings (SSSR count). The molecule has 0 amide bonds. The smallest absolute Gasteiger partial charge is 0.0953 e. The molecule has 1 fully saturated rings. The van der Waals surface area contributed by atoms with Gasteiger partial charge in [0, 0.05) is 35.4 Å². The average molecular weight is 296 g/mol. The van der Waals surface area contributed by atoms with Crippen LogP contribution >= 0.6 is 23.2 Å². The SMILES string of the molecule is Clc1ccc(Cn2cnc(CNC3CC3)c2)c(Cl)c1. The van der Waals surface area contributed by atoms with Crippen LogP contribution in [0.1, 0.15) is 24.1 Å². The number of rotatable bonds is 5. The van der Waals surface area contributed by atoms with E-state index in [1.807, 2.05) is 23.0 Å². The Balaban J connectivity index is 1.65. The molecule has 0 aliphatic heterocycles. The minimum Gasteiger partial charge on any atom is -0.333 e. The van der Waals surface area contributed by atoms with Gasteiger partial charge in [-0.25, -0.2) is 4.98 Å². The van der Waals surface area contributed by atoms with Gasteiger partial charge >= 0.3 is 0 Å². The highest BCUT2D eigenvalue weighted by Crippen LogP contribution is 2.22. The van der Waals surface area contributed by atoms with E-state index >= 15 is 0 Å². The van der Waals surface area contributed by atoms with E-state index in [1.54, 1.807) is 6.07 Å². The number of hydrogen-bond donors (Lipinski definition) is 1. The lowest BCUT2D eigenvalue weighted by atomic mass is 10.2. The summed E-state index contributed by atoms with van der Waals surface area (Å²) in [4.78, 5) is 4.39. The first kappa shape index (κ1) is 13.0. The van der Waals surface area contributed by atoms with E-state index in [0.717, 1.165) is 17.8 Å². The molecule has 0 radical (unpaired) electrons. The minimum atomic E-state index is 0.661. The lowest BCUT2D eigenvalue weighted by molar-refractivity contribution is 0.676. The summed E-state index contributed by atoms with van der Waals surface area (Å²) >= 11 is 12.1. The number of nitrogens with one attached hydrogen (secondary N) is 1. The van der Waals surface area contributed by atoms with Crippen LogP contribution in [0.25, 0.3) is 0 Å². The van der Waals surface area contributed by atoms with E-state index in [1.165, 1.54) is 12.8 Å². The summed E-state index contributed by atoms with van der Waals surface area (Å²) in [5.41, 5.74) is 2.11. The Hall–Kier alpha value is -1.03. The van der Waals surface area contributed by atoms with Gasteiger partial charge in [-0.05, 0) is 30.5 Å². The highest BCUT2D eigenvalue weighted by atomic mass is 35.5. The predicted octanol–water partition coefficient (Wildman–Crippen LogP) is 3.49. The average Bonchev–Trinajstić information content (AvgIpc) is 3.10. The highest BCUT2D eigenvalue weighted by Gasteiger charge is 2.20. The van der Waals surface area contributed by atoms with Gasteiger partial charge in [-0.1, -0.05) is 29.3 Å². The third kappa shape index (κ3) is 3.50. The Morgan fingerprint density at radius 3 is 2.89 bits per heavy atom. The van der Waals surface area contributed by atoms with Crippen LogP contribution in [0.5, 0.6) is 0 Å². The maximum atomic E-state index is 6.17. The fraction of sp³-hybridized carbons (Fsp3) is 0.357. The largest absolute Gasteiger partial charge is 0.333 e. The first-order valence-electron chi connectivity index (χ1n) is 6.38. The second kappa shape index (κ2) is 5.53. The summed E-state index contributed by atoms with van der Waals surface area (Å²) in [7, 11) is 0. The van der Waals surface area contributed by atoms with Crippen LogP contribution in [-0.4, -0.2) is 15.6 Å². The molecule has 1 aromatic heterocycles. The molecule has 0 saturated heterocycles. The molecule has 1 N–H and O–H groups in total. The summed E-state index contributed by atoms with van der Waals surface area (Å²) in [5, 5.41) is 4.80. The molecule has 1 aromatic carbocycles. The molecule has 1 heterocycles. The van der Waals surface area contributed by atoms with Crippen molar-refractivity contribution < 1.29 is 0 Å². The van der Waals surface area contributed by atoms with Crippen molar-refractivity contribution in [1.29, 1.82) is 0 Å². The maximum Gasteiger partial charge on any atom is 0.0953 e. The first-order chi connectivity index (χ1) is 9.20. The third-order valence-electron chi connectivity index (χ3n) is 3.20. The van der Waals surface area contributed by atoms with Gasteiger partial charge in [0.25, 0.3) is 0 Å². The van der Waals surface area contributed by atoms with Crippen LogP contribution < -0.4 is 5.32 Å². The van der Waals surface area contributed by atoms with Crippen molar-refractivity contribution in [1.82, 2.24) is 14.9 Å². The van der Waals surface area contributed by atoms with Gasteiger partial charge in [0.15, 0.2) is 0 Å². The number of nitrogens with zero attached hydrogens (tertiary/aromatic N) is 2. The molecule has 0 spiro atoms. The number of hydrogen-bond acceptors (Lipinski definition) is 2. The van der Waals surface area contributed by atoms with E-state index < -0.39 is 0 Å². The lowest BCUT2D eigenvalue weighted by Gasteiger charge is -2.05. The molecule has 3 nitrogen and oxygen atoms in total. The molecule has 1 aliphatic rings. The standard InChI is InChI=1S/C14H15Cl2N3/c15-11-2-1-10(14(16)5-11)7-19-8-13(18-9-19)6-17-12-3-4-12/h1-2,5,8-9,12,17H,3-4,6-7H2. The third-order valence-corrected chi connectivity index (χ3v) is 3.79. The van der Waals surface area contributed by atoms with Gasteiger partial charge in [0.1, 0.15) is 0 Å². The summed E-state index contributed by atoms with van der Waals surface area (Å²) in [6.45, 7) is 1.55. The number of aromatic nitrogens is 2. The fourth-order valence-corrected chi connectivity index (χ4v) is 2.44. The zero-order valence-electron chi connectivity index (χ0n) is 10.4. The molecule has 19 heavy (non-hydrogen) atoms. The molecule has 2 aromatic rings. The summed E-state index contributed by atoms with van der Waals surface area (Å²) in [6, 6.07) is 6.28. The van der Waals surface area contributed by atoms with Crippen LogP contribution in [0, 0.1) is 0 Å². The van der Waals surface area contributed by atoms with Crippen molar-refractivity contribution in [3.63, 3.8) is 0 Å². The Labute approximate surface area is 122 Å². The second-order valence-electron chi connectivity index (χ2n) is 4.93. The molecular formula is C14H15Cl2N3. The molecule has 1 saturated carbocycles. The van der Waals surface area contributed by atoms with E-state index in [9.17, 15) is 0 Å². The number of benzene rings is 1. The van der Waals surface area contributed by atoms with Crippen LogP contribution in [0.3, 0.4) is 0 Å². The van der Waals surface area contributed by atoms with Crippen molar-refractivity contribution in [2.75, 3.05) is 0 Å². The summed E-state index contributed by atoms with van der Waals surface area (Å²) < 4.78 is 2.04. The molecule has 0 unspecified atom stereocenters. The zero-order chi connectivity index (χ0) is 13.2. The minimum absolute atomic E-state index is 0.661. The topological polar surface area (TPSA) is 29.9 Å². The van der Waals surface area contributed by atoms with Crippen molar-refractivity contribution in [2.24, 2.45) is 0 Å². The zero-order valence-corrected chi connectivity index (χ0v) is 12.0.